The first kappa shape index (κ1) is 18.3. The Morgan fingerprint density at radius 2 is 2.04 bits per heavy atom. The quantitative estimate of drug-likeness (QED) is 0.631. The third kappa shape index (κ3) is 3.54. The Morgan fingerprint density at radius 3 is 2.68 bits per heavy atom. The van der Waals surface area contributed by atoms with Crippen molar-refractivity contribution in [3.63, 3.8) is 0 Å². The first-order chi connectivity index (χ1) is 13.5. The van der Waals surface area contributed by atoms with Crippen LogP contribution in [0.1, 0.15) is 41.7 Å². The Morgan fingerprint density at radius 1 is 1.29 bits per heavy atom. The van der Waals surface area contributed by atoms with Gasteiger partial charge >= 0.3 is 0 Å². The van der Waals surface area contributed by atoms with Gasteiger partial charge in [0.2, 0.25) is 0 Å². The molecule has 2 aliphatic rings. The normalized spacial score (nSPS) is 23.5. The molecule has 8 nitrogen and oxygen atoms in total. The van der Waals surface area contributed by atoms with Crippen LogP contribution >= 0.6 is 0 Å². The van der Waals surface area contributed by atoms with Gasteiger partial charge in [-0.05, 0) is 62.3 Å². The third-order valence-electron chi connectivity index (χ3n) is 5.79. The fourth-order valence-corrected chi connectivity index (χ4v) is 4.60. The molecule has 2 aliphatic heterocycles. The standard InChI is InChI=1S/C20H23N5O3/c1-13-4-7-18(19(9-13)25(27)28)24-15-5-6-16(24)11-14(10-15)12-21-20(26)17-3-2-8-22-23-17/h2-4,7-9,14-16H,5-6,10-12H2,1H3,(H,21,26)/t14?,15-,16+. The number of benzene rings is 1. The highest BCUT2D eigenvalue weighted by molar-refractivity contribution is 5.91. The number of nitro groups is 1. The monoisotopic (exact) mass is 381 g/mol. The number of amides is 1. The van der Waals surface area contributed by atoms with E-state index in [4.69, 9.17) is 0 Å². The molecule has 2 bridgehead atoms. The molecule has 1 aromatic carbocycles. The Hall–Kier alpha value is -3.03. The Bertz CT molecular complexity index is 875. The molecule has 146 valence electrons. The number of hydrogen-bond acceptors (Lipinski definition) is 6. The van der Waals surface area contributed by atoms with Gasteiger partial charge in [-0.1, -0.05) is 6.07 Å². The van der Waals surface area contributed by atoms with Gasteiger partial charge < -0.3 is 10.2 Å². The zero-order valence-corrected chi connectivity index (χ0v) is 15.7. The van der Waals surface area contributed by atoms with Crippen molar-refractivity contribution in [2.45, 2.75) is 44.7 Å². The second kappa shape index (κ2) is 7.53. The van der Waals surface area contributed by atoms with E-state index in [1.165, 1.54) is 6.20 Å². The smallest absolute Gasteiger partial charge is 0.292 e. The van der Waals surface area contributed by atoms with Crippen LogP contribution < -0.4 is 10.2 Å². The number of rotatable bonds is 5. The molecule has 0 aliphatic carbocycles. The molecule has 1 amide bonds. The van der Waals surface area contributed by atoms with Crippen molar-refractivity contribution in [1.29, 1.82) is 0 Å². The molecule has 28 heavy (non-hydrogen) atoms. The summed E-state index contributed by atoms with van der Waals surface area (Å²) in [7, 11) is 0. The molecular weight excluding hydrogens is 358 g/mol. The average Bonchev–Trinajstić information content (AvgIpc) is 2.96. The minimum atomic E-state index is -0.283. The lowest BCUT2D eigenvalue weighted by Gasteiger charge is -2.40. The van der Waals surface area contributed by atoms with Crippen molar-refractivity contribution >= 4 is 17.3 Å². The Kier molecular flexibility index (Phi) is 4.93. The van der Waals surface area contributed by atoms with Gasteiger partial charge in [0.1, 0.15) is 5.69 Å². The first-order valence-corrected chi connectivity index (χ1v) is 9.62. The van der Waals surface area contributed by atoms with Crippen LogP contribution in [0.3, 0.4) is 0 Å². The molecule has 0 saturated carbocycles. The molecule has 3 heterocycles. The zero-order chi connectivity index (χ0) is 19.7. The molecule has 0 radical (unpaired) electrons. The van der Waals surface area contributed by atoms with Crippen molar-refractivity contribution in [2.75, 3.05) is 11.4 Å². The fourth-order valence-electron chi connectivity index (χ4n) is 4.60. The van der Waals surface area contributed by atoms with Crippen LogP contribution in [0.15, 0.2) is 36.5 Å². The lowest BCUT2D eigenvalue weighted by molar-refractivity contribution is -0.384. The number of nitrogens with one attached hydrogen (secondary N) is 1. The second-order valence-electron chi connectivity index (χ2n) is 7.70. The van der Waals surface area contributed by atoms with Crippen molar-refractivity contribution < 1.29 is 9.72 Å². The number of fused-ring (bicyclic) bond motifs is 2. The maximum atomic E-state index is 12.2. The summed E-state index contributed by atoms with van der Waals surface area (Å²) in [5.41, 5.74) is 2.12. The summed E-state index contributed by atoms with van der Waals surface area (Å²) >= 11 is 0. The van der Waals surface area contributed by atoms with Gasteiger partial charge in [-0.25, -0.2) is 0 Å². The highest BCUT2D eigenvalue weighted by Crippen LogP contribution is 2.44. The molecule has 2 saturated heterocycles. The van der Waals surface area contributed by atoms with Crippen molar-refractivity contribution in [1.82, 2.24) is 15.5 Å². The number of nitrogens with zero attached hydrogens (tertiary/aromatic N) is 4. The predicted molar refractivity (Wildman–Crippen MR) is 104 cm³/mol. The van der Waals surface area contributed by atoms with Crippen LogP contribution in [-0.2, 0) is 0 Å². The Balaban J connectivity index is 1.44. The van der Waals surface area contributed by atoms with E-state index >= 15 is 0 Å². The molecule has 0 spiro atoms. The van der Waals surface area contributed by atoms with Gasteiger partial charge in [0, 0.05) is 30.9 Å². The third-order valence-corrected chi connectivity index (χ3v) is 5.79. The number of aromatic nitrogens is 2. The summed E-state index contributed by atoms with van der Waals surface area (Å²) < 4.78 is 0. The molecule has 2 aromatic rings. The van der Waals surface area contributed by atoms with E-state index in [0.29, 0.717) is 18.2 Å². The van der Waals surface area contributed by atoms with Gasteiger partial charge in [-0.2, -0.15) is 5.10 Å². The van der Waals surface area contributed by atoms with E-state index in [0.717, 1.165) is 36.9 Å². The molecule has 3 atom stereocenters. The first-order valence-electron chi connectivity index (χ1n) is 9.62. The molecular formula is C20H23N5O3. The number of carbonyl (C=O) groups excluding carboxylic acids is 1. The molecule has 1 unspecified atom stereocenters. The summed E-state index contributed by atoms with van der Waals surface area (Å²) in [6.07, 6.45) is 5.44. The molecule has 4 rings (SSSR count). The van der Waals surface area contributed by atoms with E-state index in [-0.39, 0.29) is 28.6 Å². The SMILES string of the molecule is Cc1ccc(N2[C@@H]3CC[C@H]2CC(CNC(=O)c2cccnn2)C3)c([N+](=O)[O-])c1. The van der Waals surface area contributed by atoms with Gasteiger partial charge in [0.15, 0.2) is 5.69 Å². The summed E-state index contributed by atoms with van der Waals surface area (Å²) in [5, 5.41) is 22.1. The number of aryl methyl sites for hydroxylation is 1. The number of nitro benzene ring substituents is 1. The zero-order valence-electron chi connectivity index (χ0n) is 15.7. The minimum absolute atomic E-state index is 0.186. The van der Waals surface area contributed by atoms with Crippen molar-refractivity contribution in [2.24, 2.45) is 5.92 Å². The highest BCUT2D eigenvalue weighted by atomic mass is 16.6. The number of anilines is 1. The van der Waals surface area contributed by atoms with E-state index in [9.17, 15) is 14.9 Å². The summed E-state index contributed by atoms with van der Waals surface area (Å²) in [6.45, 7) is 2.46. The number of hydrogen-bond donors (Lipinski definition) is 1. The Labute approximate surface area is 163 Å². The molecule has 1 aromatic heterocycles. The van der Waals surface area contributed by atoms with E-state index < -0.39 is 0 Å². The van der Waals surface area contributed by atoms with E-state index in [2.05, 4.69) is 20.4 Å². The summed E-state index contributed by atoms with van der Waals surface area (Å²) in [4.78, 5) is 25.7. The number of piperidine rings is 1. The fraction of sp³-hybridized carbons (Fsp3) is 0.450. The number of carbonyl (C=O) groups is 1. The van der Waals surface area contributed by atoms with Gasteiger partial charge in [0.05, 0.1) is 4.92 Å². The van der Waals surface area contributed by atoms with Gasteiger partial charge in [-0.15, -0.1) is 5.10 Å². The van der Waals surface area contributed by atoms with Crippen LogP contribution in [0.5, 0.6) is 0 Å². The van der Waals surface area contributed by atoms with Crippen molar-refractivity contribution in [3.8, 4) is 0 Å². The molecule has 2 fully saturated rings. The summed E-state index contributed by atoms with van der Waals surface area (Å²) in [6, 6.07) is 9.36. The lowest BCUT2D eigenvalue weighted by atomic mass is 9.90. The van der Waals surface area contributed by atoms with Gasteiger partial charge in [-0.3, -0.25) is 14.9 Å². The van der Waals surface area contributed by atoms with Crippen LogP contribution in [0.25, 0.3) is 0 Å². The lowest BCUT2D eigenvalue weighted by Crippen LogP contribution is -2.46. The molecule has 8 heteroatoms. The van der Waals surface area contributed by atoms with Crippen LogP contribution in [0.2, 0.25) is 0 Å². The molecule has 1 N–H and O–H groups in total. The highest BCUT2D eigenvalue weighted by Gasteiger charge is 2.42. The predicted octanol–water partition coefficient (Wildman–Crippen LogP) is 2.87. The minimum Gasteiger partial charge on any atom is -0.360 e. The second-order valence-corrected chi connectivity index (χ2v) is 7.70. The van der Waals surface area contributed by atoms with Crippen molar-refractivity contribution in [3.05, 3.63) is 57.9 Å². The van der Waals surface area contributed by atoms with E-state index in [1.54, 1.807) is 18.2 Å². The van der Waals surface area contributed by atoms with Crippen LogP contribution in [-0.4, -0.2) is 39.7 Å². The largest absolute Gasteiger partial charge is 0.360 e. The topological polar surface area (TPSA) is 101 Å². The van der Waals surface area contributed by atoms with E-state index in [1.807, 2.05) is 19.1 Å². The van der Waals surface area contributed by atoms with Gasteiger partial charge in [0.25, 0.3) is 11.6 Å². The average molecular weight is 381 g/mol. The maximum absolute atomic E-state index is 12.2. The van der Waals surface area contributed by atoms with Crippen LogP contribution in [0.4, 0.5) is 11.4 Å². The van der Waals surface area contributed by atoms with Crippen LogP contribution in [0, 0.1) is 23.0 Å². The maximum Gasteiger partial charge on any atom is 0.292 e. The summed E-state index contributed by atoms with van der Waals surface area (Å²) in [5.74, 6) is 0.149.